The second kappa shape index (κ2) is 5.65. The van der Waals surface area contributed by atoms with Gasteiger partial charge in [-0.3, -0.25) is 4.40 Å². The quantitative estimate of drug-likeness (QED) is 0.791. The van der Waals surface area contributed by atoms with Crippen molar-refractivity contribution in [1.82, 2.24) is 14.7 Å². The first-order chi connectivity index (χ1) is 9.79. The number of aromatic nitrogens is 2. The van der Waals surface area contributed by atoms with E-state index < -0.39 is 0 Å². The third-order valence-electron chi connectivity index (χ3n) is 3.34. The van der Waals surface area contributed by atoms with Gasteiger partial charge in [0, 0.05) is 29.5 Å². The zero-order valence-corrected chi connectivity index (χ0v) is 12.1. The van der Waals surface area contributed by atoms with Gasteiger partial charge in [-0.15, -0.1) is 0 Å². The van der Waals surface area contributed by atoms with Crippen molar-refractivity contribution in [2.75, 3.05) is 6.54 Å². The summed E-state index contributed by atoms with van der Waals surface area (Å²) in [5, 5.41) is 4.12. The van der Waals surface area contributed by atoms with Gasteiger partial charge in [-0.2, -0.15) is 0 Å². The lowest BCUT2D eigenvalue weighted by molar-refractivity contribution is 0.727. The van der Waals surface area contributed by atoms with E-state index in [1.54, 1.807) is 0 Å². The average Bonchev–Trinajstić information content (AvgIpc) is 2.94. The standard InChI is InChI=1S/C16H16ClN3/c1-2-18-11-12-6-7-13(17)10-14(12)15-4-3-5-16-19-8-9-20(15)16/h3-10,18H,2,11H2,1H3. The van der Waals surface area contributed by atoms with Crippen molar-refractivity contribution < 1.29 is 0 Å². The van der Waals surface area contributed by atoms with Crippen LogP contribution in [0.15, 0.2) is 48.8 Å². The molecule has 0 fully saturated rings. The van der Waals surface area contributed by atoms with Crippen LogP contribution in [-0.4, -0.2) is 15.9 Å². The Labute approximate surface area is 123 Å². The van der Waals surface area contributed by atoms with Crippen LogP contribution in [0.4, 0.5) is 0 Å². The molecule has 0 saturated carbocycles. The van der Waals surface area contributed by atoms with Gasteiger partial charge in [-0.05, 0) is 36.4 Å². The van der Waals surface area contributed by atoms with Crippen molar-refractivity contribution in [2.24, 2.45) is 0 Å². The van der Waals surface area contributed by atoms with Crippen LogP contribution in [0.3, 0.4) is 0 Å². The molecule has 0 aliphatic heterocycles. The molecule has 3 nitrogen and oxygen atoms in total. The first-order valence-corrected chi connectivity index (χ1v) is 7.09. The van der Waals surface area contributed by atoms with Crippen LogP contribution in [0.2, 0.25) is 5.02 Å². The fraction of sp³-hybridized carbons (Fsp3) is 0.188. The van der Waals surface area contributed by atoms with Gasteiger partial charge in [0.05, 0.1) is 5.69 Å². The molecule has 4 heteroatoms. The van der Waals surface area contributed by atoms with E-state index in [1.807, 2.05) is 36.7 Å². The third-order valence-corrected chi connectivity index (χ3v) is 3.58. The molecule has 0 bridgehead atoms. The maximum atomic E-state index is 6.18. The normalized spacial score (nSPS) is 11.1. The summed E-state index contributed by atoms with van der Waals surface area (Å²) in [6.07, 6.45) is 3.79. The summed E-state index contributed by atoms with van der Waals surface area (Å²) in [4.78, 5) is 4.33. The average molecular weight is 286 g/mol. The monoisotopic (exact) mass is 285 g/mol. The molecule has 2 heterocycles. The molecule has 0 amide bonds. The first kappa shape index (κ1) is 13.2. The fourth-order valence-corrected chi connectivity index (χ4v) is 2.54. The van der Waals surface area contributed by atoms with Crippen LogP contribution < -0.4 is 5.32 Å². The number of nitrogens with zero attached hydrogens (tertiary/aromatic N) is 2. The van der Waals surface area contributed by atoms with E-state index in [0.29, 0.717) is 0 Å². The van der Waals surface area contributed by atoms with E-state index in [2.05, 4.69) is 33.8 Å². The lowest BCUT2D eigenvalue weighted by Crippen LogP contribution is -2.12. The molecule has 0 saturated heterocycles. The topological polar surface area (TPSA) is 29.3 Å². The van der Waals surface area contributed by atoms with Crippen LogP contribution in [0.1, 0.15) is 12.5 Å². The van der Waals surface area contributed by atoms with Gasteiger partial charge in [0.2, 0.25) is 0 Å². The van der Waals surface area contributed by atoms with E-state index in [1.165, 1.54) is 5.56 Å². The van der Waals surface area contributed by atoms with Crippen molar-refractivity contribution in [3.05, 3.63) is 59.4 Å². The summed E-state index contributed by atoms with van der Waals surface area (Å²) in [5.41, 5.74) is 4.42. The van der Waals surface area contributed by atoms with Gasteiger partial charge in [-0.1, -0.05) is 30.7 Å². The summed E-state index contributed by atoms with van der Waals surface area (Å²) >= 11 is 6.18. The summed E-state index contributed by atoms with van der Waals surface area (Å²) in [6, 6.07) is 12.1. The van der Waals surface area contributed by atoms with E-state index in [-0.39, 0.29) is 0 Å². The van der Waals surface area contributed by atoms with E-state index in [0.717, 1.165) is 35.0 Å². The Bertz CT molecular complexity index is 733. The largest absolute Gasteiger partial charge is 0.313 e. The van der Waals surface area contributed by atoms with Gasteiger partial charge in [0.25, 0.3) is 0 Å². The minimum Gasteiger partial charge on any atom is -0.313 e. The molecule has 0 aliphatic rings. The van der Waals surface area contributed by atoms with Gasteiger partial charge in [0.1, 0.15) is 5.65 Å². The van der Waals surface area contributed by atoms with Gasteiger partial charge in [0.15, 0.2) is 0 Å². The summed E-state index contributed by atoms with van der Waals surface area (Å²) in [7, 11) is 0. The summed E-state index contributed by atoms with van der Waals surface area (Å²) < 4.78 is 2.08. The smallest absolute Gasteiger partial charge is 0.137 e. The first-order valence-electron chi connectivity index (χ1n) is 6.71. The summed E-state index contributed by atoms with van der Waals surface area (Å²) in [6.45, 7) is 3.87. The molecule has 3 aromatic rings. The highest BCUT2D eigenvalue weighted by atomic mass is 35.5. The van der Waals surface area contributed by atoms with Crippen LogP contribution >= 0.6 is 11.6 Å². The molecule has 0 spiro atoms. The molecule has 20 heavy (non-hydrogen) atoms. The number of benzene rings is 1. The molecule has 0 aliphatic carbocycles. The second-order valence-electron chi connectivity index (χ2n) is 4.65. The minimum atomic E-state index is 0.748. The van der Waals surface area contributed by atoms with Crippen LogP contribution in [0.25, 0.3) is 16.9 Å². The molecular formula is C16H16ClN3. The molecule has 0 atom stereocenters. The van der Waals surface area contributed by atoms with E-state index in [9.17, 15) is 0 Å². The molecular weight excluding hydrogens is 270 g/mol. The second-order valence-corrected chi connectivity index (χ2v) is 5.08. The number of rotatable bonds is 4. The predicted octanol–water partition coefficient (Wildman–Crippen LogP) is 3.76. The number of nitrogens with one attached hydrogen (secondary N) is 1. The van der Waals surface area contributed by atoms with Gasteiger partial charge in [-0.25, -0.2) is 4.98 Å². The minimum absolute atomic E-state index is 0.748. The highest BCUT2D eigenvalue weighted by molar-refractivity contribution is 6.30. The molecule has 1 N–H and O–H groups in total. The maximum absolute atomic E-state index is 6.18. The lowest BCUT2D eigenvalue weighted by atomic mass is 10.0. The molecule has 0 radical (unpaired) electrons. The Morgan fingerprint density at radius 3 is 3.00 bits per heavy atom. The number of halogens is 1. The van der Waals surface area contributed by atoms with Gasteiger partial charge >= 0.3 is 0 Å². The number of hydrogen-bond acceptors (Lipinski definition) is 2. The Kier molecular flexibility index (Phi) is 3.72. The number of pyridine rings is 1. The van der Waals surface area contributed by atoms with Crippen molar-refractivity contribution in [1.29, 1.82) is 0 Å². The van der Waals surface area contributed by atoms with E-state index in [4.69, 9.17) is 11.6 Å². The Hall–Kier alpha value is -1.84. The van der Waals surface area contributed by atoms with Crippen molar-refractivity contribution in [2.45, 2.75) is 13.5 Å². The Balaban J connectivity index is 2.17. The van der Waals surface area contributed by atoms with Gasteiger partial charge < -0.3 is 5.32 Å². The zero-order chi connectivity index (χ0) is 13.9. The van der Waals surface area contributed by atoms with E-state index >= 15 is 0 Å². The molecule has 2 aromatic heterocycles. The molecule has 1 aromatic carbocycles. The maximum Gasteiger partial charge on any atom is 0.137 e. The SMILES string of the molecule is CCNCc1ccc(Cl)cc1-c1cccc2nccn12. The third kappa shape index (κ3) is 2.42. The Morgan fingerprint density at radius 2 is 2.15 bits per heavy atom. The van der Waals surface area contributed by atoms with Crippen molar-refractivity contribution in [3.63, 3.8) is 0 Å². The van der Waals surface area contributed by atoms with Crippen LogP contribution in [0, 0.1) is 0 Å². The highest BCUT2D eigenvalue weighted by Gasteiger charge is 2.09. The molecule has 102 valence electrons. The molecule has 3 rings (SSSR count). The summed E-state index contributed by atoms with van der Waals surface area (Å²) in [5.74, 6) is 0. The number of hydrogen-bond donors (Lipinski definition) is 1. The Morgan fingerprint density at radius 1 is 1.25 bits per heavy atom. The van der Waals surface area contributed by atoms with Crippen molar-refractivity contribution in [3.8, 4) is 11.3 Å². The lowest BCUT2D eigenvalue weighted by Gasteiger charge is -2.12. The number of imidazole rings is 1. The van der Waals surface area contributed by atoms with Crippen LogP contribution in [0.5, 0.6) is 0 Å². The number of fused-ring (bicyclic) bond motifs is 1. The fourth-order valence-electron chi connectivity index (χ4n) is 2.37. The van der Waals surface area contributed by atoms with Crippen molar-refractivity contribution >= 4 is 17.2 Å². The molecule has 0 unspecified atom stereocenters. The highest BCUT2D eigenvalue weighted by Crippen LogP contribution is 2.27. The predicted molar refractivity (Wildman–Crippen MR) is 83.0 cm³/mol. The van der Waals surface area contributed by atoms with Crippen LogP contribution in [-0.2, 0) is 6.54 Å². The zero-order valence-electron chi connectivity index (χ0n) is 11.3.